The molecule has 4 nitrogen and oxygen atoms in total. The zero-order valence-corrected chi connectivity index (χ0v) is 11.4. The van der Waals surface area contributed by atoms with E-state index < -0.39 is 0 Å². The van der Waals surface area contributed by atoms with Gasteiger partial charge < -0.3 is 14.9 Å². The smallest absolute Gasteiger partial charge is 0.292 e. The van der Waals surface area contributed by atoms with Crippen LogP contribution in [0.15, 0.2) is 28.9 Å². The van der Waals surface area contributed by atoms with Crippen molar-refractivity contribution in [3.63, 3.8) is 0 Å². The van der Waals surface area contributed by atoms with Gasteiger partial charge in [0.1, 0.15) is 23.3 Å². The van der Waals surface area contributed by atoms with Crippen molar-refractivity contribution in [2.45, 2.75) is 19.4 Å². The normalized spacial score (nSPS) is 15.9. The molecule has 0 fully saturated rings. The van der Waals surface area contributed by atoms with E-state index >= 15 is 0 Å². The summed E-state index contributed by atoms with van der Waals surface area (Å²) in [6.07, 6.45) is 5.49. The summed E-state index contributed by atoms with van der Waals surface area (Å²) in [7, 11) is 0. The van der Waals surface area contributed by atoms with Crippen LogP contribution >= 0.6 is 11.6 Å². The number of benzene rings is 1. The molecule has 2 N–H and O–H groups in total. The molecular weight excluding hydrogens is 264 g/mol. The van der Waals surface area contributed by atoms with Gasteiger partial charge in [0, 0.05) is 16.1 Å². The highest BCUT2D eigenvalue weighted by Crippen LogP contribution is 2.41. The molecule has 98 valence electrons. The lowest BCUT2D eigenvalue weighted by Crippen LogP contribution is -2.27. The van der Waals surface area contributed by atoms with Crippen LogP contribution in [-0.2, 0) is 0 Å². The number of halogens is 1. The molecular formula is C14H13ClN2O2. The van der Waals surface area contributed by atoms with E-state index in [9.17, 15) is 0 Å². The average molecular weight is 277 g/mol. The predicted molar refractivity (Wildman–Crippen MR) is 75.1 cm³/mol. The highest BCUT2D eigenvalue weighted by molar-refractivity contribution is 6.31. The minimum Gasteiger partial charge on any atom is -0.482 e. The first-order valence-corrected chi connectivity index (χ1v) is 6.25. The number of oxazole rings is 1. The van der Waals surface area contributed by atoms with Crippen molar-refractivity contribution in [3.05, 3.63) is 35.1 Å². The second-order valence-electron chi connectivity index (χ2n) is 4.98. The molecule has 0 atom stereocenters. The van der Waals surface area contributed by atoms with E-state index in [4.69, 9.17) is 26.5 Å². The summed E-state index contributed by atoms with van der Waals surface area (Å²) in [5, 5.41) is 0.614. The van der Waals surface area contributed by atoms with Crippen molar-refractivity contribution in [2.75, 3.05) is 5.73 Å². The molecule has 0 saturated carbocycles. The van der Waals surface area contributed by atoms with Gasteiger partial charge in [0.2, 0.25) is 0 Å². The predicted octanol–water partition coefficient (Wildman–Crippen LogP) is 3.76. The monoisotopic (exact) mass is 276 g/mol. The maximum atomic E-state index is 6.13. The van der Waals surface area contributed by atoms with Gasteiger partial charge in [-0.05, 0) is 32.1 Å². The summed E-state index contributed by atoms with van der Waals surface area (Å²) in [5.41, 5.74) is 7.46. The zero-order valence-electron chi connectivity index (χ0n) is 10.6. The number of rotatable bonds is 1. The number of hydrogen-bond acceptors (Lipinski definition) is 4. The van der Waals surface area contributed by atoms with Crippen molar-refractivity contribution in [2.24, 2.45) is 0 Å². The van der Waals surface area contributed by atoms with Gasteiger partial charge in [-0.25, -0.2) is 0 Å². The number of anilines is 1. The van der Waals surface area contributed by atoms with Gasteiger partial charge in [-0.1, -0.05) is 17.7 Å². The Morgan fingerprint density at radius 3 is 2.79 bits per heavy atom. The Labute approximate surface area is 115 Å². The molecule has 1 aromatic carbocycles. The maximum Gasteiger partial charge on any atom is 0.292 e. The third-order valence-electron chi connectivity index (χ3n) is 2.91. The molecule has 0 amide bonds. The zero-order chi connectivity index (χ0) is 13.6. The quantitative estimate of drug-likeness (QED) is 0.861. The van der Waals surface area contributed by atoms with Gasteiger partial charge in [0.15, 0.2) is 0 Å². The van der Waals surface area contributed by atoms with Crippen molar-refractivity contribution < 1.29 is 9.15 Å². The van der Waals surface area contributed by atoms with Gasteiger partial charge >= 0.3 is 0 Å². The first-order valence-electron chi connectivity index (χ1n) is 5.88. The minimum atomic E-state index is -0.370. The summed E-state index contributed by atoms with van der Waals surface area (Å²) in [6, 6.07) is 3.78. The summed E-state index contributed by atoms with van der Waals surface area (Å²) in [4.78, 5) is 4.13. The van der Waals surface area contributed by atoms with Gasteiger partial charge in [-0.15, -0.1) is 0 Å². The van der Waals surface area contributed by atoms with Crippen molar-refractivity contribution >= 4 is 23.7 Å². The fourth-order valence-corrected chi connectivity index (χ4v) is 2.27. The van der Waals surface area contributed by atoms with Crippen LogP contribution in [0.5, 0.6) is 5.75 Å². The summed E-state index contributed by atoms with van der Waals surface area (Å²) in [5.74, 6) is 0.741. The molecule has 0 unspecified atom stereocenters. The van der Waals surface area contributed by atoms with E-state index in [1.807, 2.05) is 32.1 Å². The Morgan fingerprint density at radius 1 is 1.32 bits per heavy atom. The average Bonchev–Trinajstić information content (AvgIpc) is 2.75. The second kappa shape index (κ2) is 4.03. The Bertz CT molecular complexity index is 674. The summed E-state index contributed by atoms with van der Waals surface area (Å²) < 4.78 is 11.1. The van der Waals surface area contributed by atoms with Crippen LogP contribution in [0.4, 0.5) is 6.01 Å². The Hall–Kier alpha value is -1.94. The van der Waals surface area contributed by atoms with Crippen LogP contribution in [0, 0.1) is 0 Å². The lowest BCUT2D eigenvalue weighted by molar-refractivity contribution is 0.160. The molecule has 0 bridgehead atoms. The second-order valence-corrected chi connectivity index (χ2v) is 5.42. The topological polar surface area (TPSA) is 61.3 Å². The largest absolute Gasteiger partial charge is 0.482 e. The Morgan fingerprint density at radius 2 is 2.11 bits per heavy atom. The third-order valence-corrected chi connectivity index (χ3v) is 3.13. The fourth-order valence-electron chi connectivity index (χ4n) is 2.04. The minimum absolute atomic E-state index is 0.120. The molecule has 3 rings (SSSR count). The molecule has 0 spiro atoms. The van der Waals surface area contributed by atoms with Crippen LogP contribution in [0.1, 0.15) is 19.4 Å². The lowest BCUT2D eigenvalue weighted by atomic mass is 9.99. The van der Waals surface area contributed by atoms with Gasteiger partial charge in [-0.2, -0.15) is 4.98 Å². The van der Waals surface area contributed by atoms with Crippen molar-refractivity contribution in [3.8, 4) is 17.0 Å². The molecule has 0 radical (unpaired) electrons. The number of nitrogens with zero attached hydrogens (tertiary/aromatic N) is 1. The van der Waals surface area contributed by atoms with E-state index in [0.29, 0.717) is 10.7 Å². The molecule has 2 heterocycles. The number of aromatic nitrogens is 1. The summed E-state index contributed by atoms with van der Waals surface area (Å²) >= 11 is 6.13. The number of fused-ring (bicyclic) bond motifs is 1. The van der Waals surface area contributed by atoms with Crippen LogP contribution in [0.2, 0.25) is 5.02 Å². The van der Waals surface area contributed by atoms with Crippen LogP contribution in [0.3, 0.4) is 0 Å². The van der Waals surface area contributed by atoms with E-state index in [1.165, 1.54) is 6.26 Å². The third kappa shape index (κ3) is 2.19. The molecule has 0 aliphatic carbocycles. The SMILES string of the molecule is CC1(C)C=Cc2cc(Cl)cc(-c3coc(N)n3)c2O1. The molecule has 2 aromatic rings. The molecule has 1 aliphatic heterocycles. The van der Waals surface area contributed by atoms with E-state index in [0.717, 1.165) is 16.9 Å². The number of ether oxygens (including phenoxy) is 1. The molecule has 5 heteroatoms. The van der Waals surface area contributed by atoms with Crippen molar-refractivity contribution in [1.82, 2.24) is 4.98 Å². The van der Waals surface area contributed by atoms with Crippen LogP contribution in [-0.4, -0.2) is 10.6 Å². The number of hydrogen-bond donors (Lipinski definition) is 1. The van der Waals surface area contributed by atoms with Gasteiger partial charge in [0.05, 0.1) is 0 Å². The van der Waals surface area contributed by atoms with Crippen LogP contribution < -0.4 is 10.5 Å². The van der Waals surface area contributed by atoms with Gasteiger partial charge in [-0.3, -0.25) is 0 Å². The van der Waals surface area contributed by atoms with E-state index in [-0.39, 0.29) is 11.6 Å². The molecule has 1 aliphatic rings. The van der Waals surface area contributed by atoms with E-state index in [1.54, 1.807) is 6.07 Å². The highest BCUT2D eigenvalue weighted by atomic mass is 35.5. The maximum absolute atomic E-state index is 6.13. The first-order chi connectivity index (χ1) is 8.94. The standard InChI is InChI=1S/C14H13ClN2O2/c1-14(2)4-3-8-5-9(15)6-10(12(8)19-14)11-7-18-13(16)17-11/h3-7H,1-2H3,(H2,16,17). The number of nitrogen functional groups attached to an aromatic ring is 1. The van der Waals surface area contributed by atoms with E-state index in [2.05, 4.69) is 4.98 Å². The van der Waals surface area contributed by atoms with Crippen molar-refractivity contribution in [1.29, 1.82) is 0 Å². The van der Waals surface area contributed by atoms with Gasteiger partial charge in [0.25, 0.3) is 6.01 Å². The number of nitrogens with two attached hydrogens (primary N) is 1. The highest BCUT2D eigenvalue weighted by Gasteiger charge is 2.25. The first kappa shape index (κ1) is 12.1. The molecule has 1 aromatic heterocycles. The Balaban J connectivity index is 2.21. The fraction of sp³-hybridized carbons (Fsp3) is 0.214. The molecule has 19 heavy (non-hydrogen) atoms. The molecule has 0 saturated heterocycles. The van der Waals surface area contributed by atoms with Crippen LogP contribution in [0.25, 0.3) is 17.3 Å². The Kier molecular flexibility index (Phi) is 2.57. The summed E-state index contributed by atoms with van der Waals surface area (Å²) in [6.45, 7) is 3.98. The lowest BCUT2D eigenvalue weighted by Gasteiger charge is -2.29.